The summed E-state index contributed by atoms with van der Waals surface area (Å²) in [6, 6.07) is 2.18. The third-order valence-electron chi connectivity index (χ3n) is 5.24. The number of carbonyl (C=O) groups excluding carboxylic acids is 1. The zero-order chi connectivity index (χ0) is 17.4. The van der Waals surface area contributed by atoms with Crippen LogP contribution in [0.2, 0.25) is 0 Å². The summed E-state index contributed by atoms with van der Waals surface area (Å²) in [7, 11) is 0. The Bertz CT molecular complexity index is 885. The maximum Gasteiger partial charge on any atom is 0.348 e. The van der Waals surface area contributed by atoms with E-state index in [0.717, 1.165) is 67.6 Å². The van der Waals surface area contributed by atoms with E-state index < -0.39 is 5.63 Å². The highest BCUT2D eigenvalue weighted by atomic mass is 32.2. The standard InChI is InChI=1S/C20H23NO3S/c1-2-3-10-25-19-15-11-13-6-4-8-21-9-5-7-14(17(13)21)18(15)24-20(23)16(19)12-22/h11-12H,2-10H2,1H3. The lowest BCUT2D eigenvalue weighted by Crippen LogP contribution is -2.34. The molecule has 25 heavy (non-hydrogen) atoms. The first kappa shape index (κ1) is 16.7. The molecule has 0 fully saturated rings. The molecule has 4 nitrogen and oxygen atoms in total. The molecule has 0 bridgehead atoms. The van der Waals surface area contributed by atoms with Crippen molar-refractivity contribution in [3.63, 3.8) is 0 Å². The highest BCUT2D eigenvalue weighted by molar-refractivity contribution is 7.99. The number of rotatable bonds is 5. The zero-order valence-electron chi connectivity index (χ0n) is 14.6. The first-order valence-electron chi connectivity index (χ1n) is 9.23. The normalized spacial score (nSPS) is 16.1. The SMILES string of the molecule is CCCCSc1c(C=O)c(=O)oc2c3c4c(cc12)CCCN4CCC3. The lowest BCUT2D eigenvalue weighted by molar-refractivity contribution is 0.111. The van der Waals surface area contributed by atoms with Crippen LogP contribution in [0.5, 0.6) is 0 Å². The van der Waals surface area contributed by atoms with Gasteiger partial charge in [0.25, 0.3) is 0 Å². The van der Waals surface area contributed by atoms with Gasteiger partial charge >= 0.3 is 5.63 Å². The summed E-state index contributed by atoms with van der Waals surface area (Å²) in [4.78, 5) is 27.2. The number of aryl methyl sites for hydroxylation is 2. The van der Waals surface area contributed by atoms with Crippen LogP contribution in [-0.4, -0.2) is 25.1 Å². The summed E-state index contributed by atoms with van der Waals surface area (Å²) in [5, 5.41) is 0.959. The lowest BCUT2D eigenvalue weighted by Gasteiger charge is -2.37. The predicted molar refractivity (Wildman–Crippen MR) is 102 cm³/mol. The fourth-order valence-corrected chi connectivity index (χ4v) is 5.31. The van der Waals surface area contributed by atoms with Crippen molar-refractivity contribution in [2.75, 3.05) is 23.7 Å². The fourth-order valence-electron chi connectivity index (χ4n) is 4.08. The van der Waals surface area contributed by atoms with Gasteiger partial charge in [0.15, 0.2) is 6.29 Å². The third kappa shape index (κ3) is 2.78. The number of fused-ring (bicyclic) bond motifs is 2. The summed E-state index contributed by atoms with van der Waals surface area (Å²) in [5.41, 5.74) is 4.20. The second-order valence-corrected chi connectivity index (χ2v) is 7.99. The van der Waals surface area contributed by atoms with E-state index in [0.29, 0.717) is 11.9 Å². The number of hydrogen-bond donors (Lipinski definition) is 0. The van der Waals surface area contributed by atoms with Gasteiger partial charge in [0, 0.05) is 34.6 Å². The minimum Gasteiger partial charge on any atom is -0.422 e. The van der Waals surface area contributed by atoms with E-state index in [1.807, 2.05) is 0 Å². The lowest BCUT2D eigenvalue weighted by atomic mass is 9.90. The summed E-state index contributed by atoms with van der Waals surface area (Å²) in [6.45, 7) is 4.31. The van der Waals surface area contributed by atoms with Gasteiger partial charge in [-0.25, -0.2) is 4.79 Å². The van der Waals surface area contributed by atoms with E-state index in [1.54, 1.807) is 11.8 Å². The molecule has 0 saturated carbocycles. The van der Waals surface area contributed by atoms with Crippen molar-refractivity contribution in [3.8, 4) is 0 Å². The molecule has 0 amide bonds. The van der Waals surface area contributed by atoms with Gasteiger partial charge in [0.05, 0.1) is 0 Å². The molecule has 0 atom stereocenters. The number of nitrogens with zero attached hydrogens (tertiary/aromatic N) is 1. The van der Waals surface area contributed by atoms with Crippen molar-refractivity contribution in [1.82, 2.24) is 0 Å². The molecule has 0 N–H and O–H groups in total. The van der Waals surface area contributed by atoms with Crippen molar-refractivity contribution in [1.29, 1.82) is 0 Å². The van der Waals surface area contributed by atoms with Gasteiger partial charge in [-0.1, -0.05) is 13.3 Å². The van der Waals surface area contributed by atoms with Crippen molar-refractivity contribution < 1.29 is 9.21 Å². The Morgan fingerprint density at radius 2 is 2.08 bits per heavy atom. The fraction of sp³-hybridized carbons (Fsp3) is 0.500. The van der Waals surface area contributed by atoms with E-state index in [-0.39, 0.29) is 5.56 Å². The molecule has 132 valence electrons. The van der Waals surface area contributed by atoms with E-state index in [2.05, 4.69) is 17.9 Å². The molecule has 3 heterocycles. The van der Waals surface area contributed by atoms with Crippen LogP contribution in [0.15, 0.2) is 20.2 Å². The van der Waals surface area contributed by atoms with Crippen LogP contribution in [0, 0.1) is 0 Å². The van der Waals surface area contributed by atoms with E-state index in [1.165, 1.54) is 16.8 Å². The average molecular weight is 357 g/mol. The van der Waals surface area contributed by atoms with Crippen LogP contribution in [0.1, 0.15) is 54.1 Å². The minimum atomic E-state index is -0.495. The quantitative estimate of drug-likeness (QED) is 0.347. The number of anilines is 1. The van der Waals surface area contributed by atoms with E-state index in [4.69, 9.17) is 4.42 Å². The second-order valence-electron chi connectivity index (χ2n) is 6.89. The Morgan fingerprint density at radius 3 is 2.84 bits per heavy atom. The second kappa shape index (κ2) is 6.87. The molecule has 0 aliphatic carbocycles. The summed E-state index contributed by atoms with van der Waals surface area (Å²) >= 11 is 1.62. The monoisotopic (exact) mass is 357 g/mol. The molecule has 0 unspecified atom stereocenters. The van der Waals surface area contributed by atoms with Crippen molar-refractivity contribution in [2.24, 2.45) is 0 Å². The molecule has 4 rings (SSSR count). The van der Waals surface area contributed by atoms with Gasteiger partial charge in [0.1, 0.15) is 11.1 Å². The maximum absolute atomic E-state index is 12.4. The number of hydrogen-bond acceptors (Lipinski definition) is 5. The molecular formula is C20H23NO3S. The molecule has 0 saturated heterocycles. The van der Waals surface area contributed by atoms with Crippen molar-refractivity contribution in [3.05, 3.63) is 33.2 Å². The van der Waals surface area contributed by atoms with Crippen LogP contribution < -0.4 is 10.5 Å². The van der Waals surface area contributed by atoms with Gasteiger partial charge in [-0.05, 0) is 49.5 Å². The molecule has 2 aliphatic rings. The number of thioether (sulfide) groups is 1. The average Bonchev–Trinajstić information content (AvgIpc) is 2.63. The largest absolute Gasteiger partial charge is 0.422 e. The molecule has 0 radical (unpaired) electrons. The maximum atomic E-state index is 12.4. The van der Waals surface area contributed by atoms with Gasteiger partial charge in [-0.3, -0.25) is 4.79 Å². The van der Waals surface area contributed by atoms with Gasteiger partial charge in [-0.15, -0.1) is 11.8 Å². The van der Waals surface area contributed by atoms with Crippen LogP contribution in [0.25, 0.3) is 11.0 Å². The molecule has 2 aromatic rings. The van der Waals surface area contributed by atoms with Crippen molar-refractivity contribution >= 4 is 34.7 Å². The van der Waals surface area contributed by atoms with Gasteiger partial charge < -0.3 is 9.32 Å². The van der Waals surface area contributed by atoms with Gasteiger partial charge in [0.2, 0.25) is 0 Å². The topological polar surface area (TPSA) is 50.5 Å². The first-order valence-corrected chi connectivity index (χ1v) is 10.2. The van der Waals surface area contributed by atoms with E-state index in [9.17, 15) is 9.59 Å². The van der Waals surface area contributed by atoms with Crippen LogP contribution in [-0.2, 0) is 12.8 Å². The smallest absolute Gasteiger partial charge is 0.348 e. The number of benzene rings is 1. The Hall–Kier alpha value is -1.75. The van der Waals surface area contributed by atoms with Crippen LogP contribution >= 0.6 is 11.8 Å². The zero-order valence-corrected chi connectivity index (χ0v) is 15.4. The highest BCUT2D eigenvalue weighted by Crippen LogP contribution is 2.42. The summed E-state index contributed by atoms with van der Waals surface area (Å²) in [5.74, 6) is 0.911. The Balaban J connectivity index is 1.98. The molecule has 1 aromatic carbocycles. The summed E-state index contributed by atoms with van der Waals surface area (Å²) in [6.07, 6.45) is 7.07. The minimum absolute atomic E-state index is 0.184. The predicted octanol–water partition coefficient (Wildman–Crippen LogP) is 4.20. The molecule has 0 spiro atoms. The summed E-state index contributed by atoms with van der Waals surface area (Å²) < 4.78 is 5.67. The van der Waals surface area contributed by atoms with E-state index >= 15 is 0 Å². The molecule has 2 aliphatic heterocycles. The number of aldehydes is 1. The van der Waals surface area contributed by atoms with Crippen LogP contribution in [0.3, 0.4) is 0 Å². The molecular weight excluding hydrogens is 334 g/mol. The molecule has 5 heteroatoms. The third-order valence-corrected chi connectivity index (χ3v) is 6.46. The van der Waals surface area contributed by atoms with Gasteiger partial charge in [-0.2, -0.15) is 0 Å². The Kier molecular flexibility index (Phi) is 4.59. The Morgan fingerprint density at radius 1 is 1.28 bits per heavy atom. The number of carbonyl (C=O) groups is 1. The number of unbranched alkanes of at least 4 members (excludes halogenated alkanes) is 1. The van der Waals surface area contributed by atoms with Crippen LogP contribution in [0.4, 0.5) is 5.69 Å². The first-order chi connectivity index (χ1) is 12.2. The Labute approximate surface area is 151 Å². The highest BCUT2D eigenvalue weighted by Gasteiger charge is 2.28. The van der Waals surface area contributed by atoms with Crippen molar-refractivity contribution in [2.45, 2.75) is 50.3 Å². The molecule has 1 aromatic heterocycles.